The Hall–Kier alpha value is -1.66. The second kappa shape index (κ2) is 8.99. The molecule has 0 unspecified atom stereocenters. The molecular weight excluding hydrogens is 443 g/mol. The van der Waals surface area contributed by atoms with Gasteiger partial charge < -0.3 is 10.6 Å². The van der Waals surface area contributed by atoms with Crippen LogP contribution in [-0.2, 0) is 30.2 Å². The van der Waals surface area contributed by atoms with Gasteiger partial charge in [0.25, 0.3) is 0 Å². The molecule has 0 bridgehead atoms. The number of aliphatic imine (C=N–C) groups is 1. The van der Waals surface area contributed by atoms with Crippen molar-refractivity contribution in [3.8, 4) is 0 Å². The molecule has 0 saturated carbocycles. The fraction of sp³-hybridized carbons (Fsp3) is 0.286. The summed E-state index contributed by atoms with van der Waals surface area (Å²) in [5, 5.41) is 15.5. The molecular formula is C14H21IN6O2S. The Morgan fingerprint density at radius 2 is 1.83 bits per heavy atom. The van der Waals surface area contributed by atoms with E-state index in [4.69, 9.17) is 5.14 Å². The van der Waals surface area contributed by atoms with E-state index in [0.29, 0.717) is 19.0 Å². The molecule has 8 nitrogen and oxygen atoms in total. The van der Waals surface area contributed by atoms with Gasteiger partial charge in [0.05, 0.1) is 17.1 Å². The van der Waals surface area contributed by atoms with Gasteiger partial charge in [0.15, 0.2) is 5.96 Å². The highest BCUT2D eigenvalue weighted by atomic mass is 127. The van der Waals surface area contributed by atoms with Gasteiger partial charge in [-0.15, -0.1) is 24.0 Å². The number of hydrogen-bond donors (Lipinski definition) is 3. The van der Waals surface area contributed by atoms with Crippen LogP contribution < -0.4 is 15.8 Å². The van der Waals surface area contributed by atoms with Crippen LogP contribution in [0.25, 0.3) is 0 Å². The number of nitrogens with zero attached hydrogens (tertiary/aromatic N) is 3. The van der Waals surface area contributed by atoms with Gasteiger partial charge in [0.1, 0.15) is 0 Å². The topological polar surface area (TPSA) is 114 Å². The lowest BCUT2D eigenvalue weighted by Crippen LogP contribution is -2.36. The van der Waals surface area contributed by atoms with Gasteiger partial charge in [-0.2, -0.15) is 5.10 Å². The number of guanidine groups is 1. The minimum absolute atomic E-state index is 0. The summed E-state index contributed by atoms with van der Waals surface area (Å²) >= 11 is 0. The summed E-state index contributed by atoms with van der Waals surface area (Å²) in [6.07, 6.45) is 1.74. The van der Waals surface area contributed by atoms with Crippen molar-refractivity contribution in [3.05, 3.63) is 47.8 Å². The number of benzene rings is 1. The predicted octanol–water partition coefficient (Wildman–Crippen LogP) is 0.551. The highest BCUT2D eigenvalue weighted by molar-refractivity contribution is 14.0. The molecule has 1 heterocycles. The average molecular weight is 464 g/mol. The first-order valence-electron chi connectivity index (χ1n) is 6.93. The molecule has 1 aromatic carbocycles. The van der Waals surface area contributed by atoms with E-state index in [9.17, 15) is 8.42 Å². The maximum absolute atomic E-state index is 11.2. The minimum atomic E-state index is -3.66. The summed E-state index contributed by atoms with van der Waals surface area (Å²) in [7, 11) is -0.0996. The lowest BCUT2D eigenvalue weighted by atomic mass is 10.2. The summed E-state index contributed by atoms with van der Waals surface area (Å²) in [6, 6.07) is 8.31. The molecule has 0 spiro atoms. The number of primary sulfonamides is 1. The Kier molecular flexibility index (Phi) is 7.63. The van der Waals surface area contributed by atoms with Crippen molar-refractivity contribution < 1.29 is 8.42 Å². The summed E-state index contributed by atoms with van der Waals surface area (Å²) in [4.78, 5) is 4.24. The first-order valence-corrected chi connectivity index (χ1v) is 8.48. The van der Waals surface area contributed by atoms with Crippen LogP contribution >= 0.6 is 24.0 Å². The molecule has 1 aromatic heterocycles. The third-order valence-electron chi connectivity index (χ3n) is 3.29. The largest absolute Gasteiger partial charge is 0.352 e. The monoisotopic (exact) mass is 464 g/mol. The number of sulfonamides is 1. The van der Waals surface area contributed by atoms with E-state index in [0.717, 1.165) is 11.3 Å². The van der Waals surface area contributed by atoms with Crippen molar-refractivity contribution in [2.75, 3.05) is 7.05 Å². The van der Waals surface area contributed by atoms with Crippen LogP contribution in [0.1, 0.15) is 11.3 Å². The van der Waals surface area contributed by atoms with E-state index in [1.54, 1.807) is 30.1 Å². The number of hydrogen-bond acceptors (Lipinski definition) is 4. The molecule has 132 valence electrons. The second-order valence-electron chi connectivity index (χ2n) is 4.91. The number of nitrogens with two attached hydrogens (primary N) is 1. The van der Waals surface area contributed by atoms with Crippen LogP contribution in [0.3, 0.4) is 0 Å². The smallest absolute Gasteiger partial charge is 0.238 e. The van der Waals surface area contributed by atoms with E-state index in [2.05, 4.69) is 20.7 Å². The highest BCUT2D eigenvalue weighted by Crippen LogP contribution is 2.08. The van der Waals surface area contributed by atoms with Crippen LogP contribution in [0.15, 0.2) is 46.4 Å². The number of halogens is 1. The van der Waals surface area contributed by atoms with Crippen molar-refractivity contribution in [1.29, 1.82) is 0 Å². The van der Waals surface area contributed by atoms with E-state index in [-0.39, 0.29) is 28.9 Å². The zero-order valence-electron chi connectivity index (χ0n) is 13.4. The lowest BCUT2D eigenvalue weighted by molar-refractivity contribution is 0.597. The molecule has 0 aliphatic heterocycles. The van der Waals surface area contributed by atoms with Gasteiger partial charge in [-0.3, -0.25) is 9.67 Å². The minimum Gasteiger partial charge on any atom is -0.352 e. The maximum atomic E-state index is 11.2. The number of aromatic nitrogens is 2. The molecule has 10 heteroatoms. The molecule has 0 saturated heterocycles. The van der Waals surface area contributed by atoms with E-state index >= 15 is 0 Å². The Morgan fingerprint density at radius 3 is 2.33 bits per heavy atom. The second-order valence-corrected chi connectivity index (χ2v) is 6.48. The van der Waals surface area contributed by atoms with Crippen LogP contribution in [0.5, 0.6) is 0 Å². The summed E-state index contributed by atoms with van der Waals surface area (Å²) in [5.41, 5.74) is 1.95. The van der Waals surface area contributed by atoms with Gasteiger partial charge in [0.2, 0.25) is 10.0 Å². The molecule has 4 N–H and O–H groups in total. The molecule has 0 aliphatic rings. The summed E-state index contributed by atoms with van der Waals surface area (Å²) < 4.78 is 24.2. The lowest BCUT2D eigenvalue weighted by Gasteiger charge is -2.12. The zero-order valence-corrected chi connectivity index (χ0v) is 16.6. The van der Waals surface area contributed by atoms with Gasteiger partial charge >= 0.3 is 0 Å². The molecule has 0 aliphatic carbocycles. The van der Waals surface area contributed by atoms with Crippen molar-refractivity contribution in [2.45, 2.75) is 18.0 Å². The normalized spacial score (nSPS) is 11.7. The quantitative estimate of drug-likeness (QED) is 0.340. The Balaban J connectivity index is 0.00000288. The van der Waals surface area contributed by atoms with Crippen LogP contribution in [-0.4, -0.2) is 31.2 Å². The van der Waals surface area contributed by atoms with Gasteiger partial charge in [-0.1, -0.05) is 12.1 Å². The first-order chi connectivity index (χ1) is 10.9. The van der Waals surface area contributed by atoms with Crippen LogP contribution in [0, 0.1) is 0 Å². The van der Waals surface area contributed by atoms with E-state index in [1.165, 1.54) is 12.1 Å². The van der Waals surface area contributed by atoms with Crippen molar-refractivity contribution in [3.63, 3.8) is 0 Å². The fourth-order valence-corrected chi connectivity index (χ4v) is 2.47. The molecule has 24 heavy (non-hydrogen) atoms. The van der Waals surface area contributed by atoms with Crippen LogP contribution in [0.2, 0.25) is 0 Å². The summed E-state index contributed by atoms with van der Waals surface area (Å²) in [6.45, 7) is 1.11. The van der Waals surface area contributed by atoms with Crippen LogP contribution in [0.4, 0.5) is 0 Å². The molecule has 0 radical (unpaired) electrons. The molecule has 2 rings (SSSR count). The third kappa shape index (κ3) is 5.76. The predicted molar refractivity (Wildman–Crippen MR) is 103 cm³/mol. The van der Waals surface area contributed by atoms with Crippen molar-refractivity contribution in [2.24, 2.45) is 17.2 Å². The maximum Gasteiger partial charge on any atom is 0.238 e. The molecule has 0 amide bonds. The fourth-order valence-electron chi connectivity index (χ4n) is 1.95. The Labute approximate surface area is 158 Å². The van der Waals surface area contributed by atoms with E-state index in [1.807, 2.05) is 13.1 Å². The third-order valence-corrected chi connectivity index (χ3v) is 4.22. The van der Waals surface area contributed by atoms with Gasteiger partial charge in [0, 0.05) is 26.8 Å². The van der Waals surface area contributed by atoms with Gasteiger partial charge in [-0.05, 0) is 23.8 Å². The molecule has 2 aromatic rings. The van der Waals surface area contributed by atoms with Gasteiger partial charge in [-0.25, -0.2) is 13.6 Å². The van der Waals surface area contributed by atoms with Crippen molar-refractivity contribution in [1.82, 2.24) is 20.4 Å². The Bertz CT molecular complexity index is 786. The Morgan fingerprint density at radius 1 is 1.21 bits per heavy atom. The molecule has 0 fully saturated rings. The SMILES string of the molecule is CN=C(NCc1ccc(S(N)(=O)=O)cc1)NCc1ccnn1C.I. The highest BCUT2D eigenvalue weighted by Gasteiger charge is 2.07. The number of aryl methyl sites for hydroxylation is 1. The zero-order chi connectivity index (χ0) is 16.9. The average Bonchev–Trinajstić information content (AvgIpc) is 2.92. The molecule has 0 atom stereocenters. The van der Waals surface area contributed by atoms with Crippen molar-refractivity contribution >= 4 is 40.0 Å². The standard InChI is InChI=1S/C14H20N6O2S.HI/c1-16-14(18-10-12-7-8-19-20(12)2)17-9-11-3-5-13(6-4-11)23(15,21)22;/h3-8H,9-10H2,1-2H3,(H2,15,21,22)(H2,16,17,18);1H. The number of rotatable bonds is 5. The van der Waals surface area contributed by atoms with E-state index < -0.39 is 10.0 Å². The number of nitrogens with one attached hydrogen (secondary N) is 2. The summed E-state index contributed by atoms with van der Waals surface area (Å²) in [5.74, 6) is 0.640. The first kappa shape index (κ1) is 20.4.